The van der Waals surface area contributed by atoms with E-state index in [1.165, 1.54) is 0 Å². The van der Waals surface area contributed by atoms with Gasteiger partial charge in [-0.05, 0) is 27.7 Å². The van der Waals surface area contributed by atoms with E-state index in [0.717, 1.165) is 0 Å². The molecule has 0 spiro atoms. The third kappa shape index (κ3) is 7.16. The summed E-state index contributed by atoms with van der Waals surface area (Å²) in [4.78, 5) is 46.9. The molecule has 3 unspecified atom stereocenters. The Labute approximate surface area is 170 Å². The van der Waals surface area contributed by atoms with Crippen molar-refractivity contribution in [1.82, 2.24) is 0 Å². The van der Waals surface area contributed by atoms with Crippen molar-refractivity contribution in [3.63, 3.8) is 0 Å². The first kappa shape index (κ1) is 25.7. The van der Waals surface area contributed by atoms with Gasteiger partial charge in [-0.15, -0.1) is 0 Å². The molecule has 0 amide bonds. The van der Waals surface area contributed by atoms with Crippen molar-refractivity contribution < 1.29 is 59.9 Å². The van der Waals surface area contributed by atoms with Crippen LogP contribution in [0.4, 0.5) is 8.78 Å². The zero-order valence-electron chi connectivity index (χ0n) is 16.5. The number of carbonyl (C=O) groups is 4. The van der Waals surface area contributed by atoms with Crippen LogP contribution in [0.2, 0.25) is 0 Å². The fraction of sp³-hybridized carbons (Fsp3) is 0.750. The van der Waals surface area contributed by atoms with Crippen LogP contribution in [-0.2, 0) is 48.2 Å². The maximum atomic E-state index is 13.3. The van der Waals surface area contributed by atoms with Gasteiger partial charge in [0.2, 0.25) is 12.2 Å². The number of rotatable bonds is 8. The lowest BCUT2D eigenvalue weighted by Gasteiger charge is -2.21. The summed E-state index contributed by atoms with van der Waals surface area (Å²) in [5.74, 6) is -4.29. The zero-order chi connectivity index (χ0) is 23.5. The van der Waals surface area contributed by atoms with E-state index in [1.54, 1.807) is 20.8 Å². The van der Waals surface area contributed by atoms with Crippen LogP contribution in [0, 0.1) is 0 Å². The molecule has 0 aromatic rings. The Bertz CT molecular complexity index is 800. The first-order chi connectivity index (χ1) is 13.4. The predicted molar refractivity (Wildman–Crippen MR) is 91.5 cm³/mol. The van der Waals surface area contributed by atoms with Gasteiger partial charge in [-0.2, -0.15) is 17.2 Å². The first-order valence-electron chi connectivity index (χ1n) is 8.61. The number of ether oxygens (including phenoxy) is 4. The van der Waals surface area contributed by atoms with Gasteiger partial charge in [0, 0.05) is 6.42 Å². The molecular weight excluding hydrogens is 438 g/mol. The molecule has 1 aliphatic rings. The lowest BCUT2D eigenvalue weighted by molar-refractivity contribution is -0.171. The van der Waals surface area contributed by atoms with E-state index in [0.29, 0.717) is 6.92 Å². The Hall–Kier alpha value is -2.35. The molecule has 1 aliphatic heterocycles. The monoisotopic (exact) mass is 460 g/mol. The average molecular weight is 460 g/mol. The van der Waals surface area contributed by atoms with E-state index < -0.39 is 76.0 Å². The van der Waals surface area contributed by atoms with Crippen LogP contribution >= 0.6 is 0 Å². The molecule has 1 saturated heterocycles. The minimum Gasteiger partial charge on any atom is -0.457 e. The quantitative estimate of drug-likeness (QED) is 0.309. The van der Waals surface area contributed by atoms with Gasteiger partial charge in [-0.1, -0.05) is 0 Å². The van der Waals surface area contributed by atoms with Gasteiger partial charge in [0.05, 0.1) is 12.8 Å². The second-order valence-electron chi connectivity index (χ2n) is 7.34. The Kier molecular flexibility index (Phi) is 7.88. The predicted octanol–water partition coefficient (Wildman–Crippen LogP) is 0.748. The van der Waals surface area contributed by atoms with Gasteiger partial charge in [0.15, 0.2) is 6.10 Å². The highest BCUT2D eigenvalue weighted by atomic mass is 32.2. The maximum Gasteiger partial charge on any atom is 0.405 e. The fourth-order valence-corrected chi connectivity index (χ4v) is 2.59. The van der Waals surface area contributed by atoms with Crippen LogP contribution in [-0.4, -0.2) is 66.0 Å². The van der Waals surface area contributed by atoms with Crippen molar-refractivity contribution in [3.05, 3.63) is 0 Å². The summed E-state index contributed by atoms with van der Waals surface area (Å²) in [5.41, 5.74) is -0.831. The molecule has 1 N–H and O–H groups in total. The lowest BCUT2D eigenvalue weighted by atomic mass is 10.1. The summed E-state index contributed by atoms with van der Waals surface area (Å²) < 4.78 is 75.0. The van der Waals surface area contributed by atoms with Gasteiger partial charge < -0.3 is 18.9 Å². The third-order valence-corrected chi connectivity index (χ3v) is 4.57. The maximum absolute atomic E-state index is 13.3. The summed E-state index contributed by atoms with van der Waals surface area (Å²) in [6.07, 6.45) is -6.99. The van der Waals surface area contributed by atoms with E-state index in [2.05, 4.69) is 4.74 Å². The van der Waals surface area contributed by atoms with Crippen LogP contribution in [0.15, 0.2) is 0 Å². The molecule has 0 aromatic carbocycles. The normalized spacial score (nSPS) is 20.8. The molecule has 1 fully saturated rings. The van der Waals surface area contributed by atoms with Gasteiger partial charge in [-0.3, -0.25) is 14.1 Å². The minimum atomic E-state index is -5.82. The van der Waals surface area contributed by atoms with E-state index in [-0.39, 0.29) is 6.42 Å². The molecule has 0 bridgehead atoms. The SMILES string of the molecule is CC(OC(=O)CCC(=O)OC1CC(C(=O)OC(C)(C)C)OC1=O)C(F)(F)S(=O)(=O)O. The van der Waals surface area contributed by atoms with Crippen molar-refractivity contribution in [2.24, 2.45) is 0 Å². The van der Waals surface area contributed by atoms with Gasteiger partial charge in [0.1, 0.15) is 5.60 Å². The highest BCUT2D eigenvalue weighted by molar-refractivity contribution is 7.86. The lowest BCUT2D eigenvalue weighted by Crippen LogP contribution is -2.42. The van der Waals surface area contributed by atoms with Crippen molar-refractivity contribution >= 4 is 34.0 Å². The second-order valence-corrected chi connectivity index (χ2v) is 8.84. The molecule has 30 heavy (non-hydrogen) atoms. The Morgan fingerprint density at radius 1 is 1.20 bits per heavy atom. The van der Waals surface area contributed by atoms with Crippen molar-refractivity contribution in [2.75, 3.05) is 0 Å². The third-order valence-electron chi connectivity index (χ3n) is 3.55. The topological polar surface area (TPSA) is 160 Å². The summed E-state index contributed by atoms with van der Waals surface area (Å²) in [5, 5.41) is -4.74. The molecule has 11 nitrogen and oxygen atoms in total. The van der Waals surface area contributed by atoms with Crippen LogP contribution in [0.1, 0.15) is 47.0 Å². The molecule has 0 radical (unpaired) electrons. The van der Waals surface area contributed by atoms with Crippen molar-refractivity contribution in [3.8, 4) is 0 Å². The highest BCUT2D eigenvalue weighted by Crippen LogP contribution is 2.27. The number of alkyl halides is 2. The molecule has 172 valence electrons. The van der Waals surface area contributed by atoms with Gasteiger partial charge in [-0.25, -0.2) is 9.59 Å². The number of hydrogen-bond acceptors (Lipinski definition) is 10. The fourth-order valence-electron chi connectivity index (χ4n) is 2.12. The number of esters is 4. The number of halogens is 2. The van der Waals surface area contributed by atoms with Gasteiger partial charge >= 0.3 is 39.2 Å². The molecule has 3 atom stereocenters. The summed E-state index contributed by atoms with van der Waals surface area (Å²) in [6, 6.07) is 0. The highest BCUT2D eigenvalue weighted by Gasteiger charge is 2.52. The first-order valence-corrected chi connectivity index (χ1v) is 10.0. The van der Waals surface area contributed by atoms with E-state index in [4.69, 9.17) is 18.8 Å². The molecular formula is C16H22F2O11S. The van der Waals surface area contributed by atoms with Crippen LogP contribution < -0.4 is 0 Å². The van der Waals surface area contributed by atoms with Crippen LogP contribution in [0.25, 0.3) is 0 Å². The Balaban J connectivity index is 2.51. The zero-order valence-corrected chi connectivity index (χ0v) is 17.4. The number of carbonyl (C=O) groups excluding carboxylic acids is 4. The largest absolute Gasteiger partial charge is 0.457 e. The summed E-state index contributed by atoms with van der Waals surface area (Å²) in [7, 11) is -5.82. The standard InChI is InChI=1S/C16H22F2O11S/c1-8(16(17,18)30(23,24)25)26-11(19)5-6-12(20)27-9-7-10(28-13(9)21)14(22)29-15(2,3)4/h8-10H,5-7H2,1-4H3,(H,23,24,25). The van der Waals surface area contributed by atoms with Gasteiger partial charge in [0.25, 0.3) is 0 Å². The number of cyclic esters (lactones) is 1. The minimum absolute atomic E-state index is 0.304. The van der Waals surface area contributed by atoms with E-state index in [1.807, 2.05) is 0 Å². The molecule has 0 aromatic heterocycles. The molecule has 1 rings (SSSR count). The summed E-state index contributed by atoms with van der Waals surface area (Å²) in [6.45, 7) is 5.34. The molecule has 1 heterocycles. The Morgan fingerprint density at radius 3 is 2.23 bits per heavy atom. The Morgan fingerprint density at radius 2 is 1.73 bits per heavy atom. The summed E-state index contributed by atoms with van der Waals surface area (Å²) >= 11 is 0. The number of hydrogen-bond donors (Lipinski definition) is 1. The molecule has 14 heteroatoms. The van der Waals surface area contributed by atoms with Crippen LogP contribution in [0.3, 0.4) is 0 Å². The van der Waals surface area contributed by atoms with Crippen molar-refractivity contribution in [1.29, 1.82) is 0 Å². The smallest absolute Gasteiger partial charge is 0.405 e. The second kappa shape index (κ2) is 9.20. The molecule has 0 aliphatic carbocycles. The average Bonchev–Trinajstić information content (AvgIpc) is 2.91. The van der Waals surface area contributed by atoms with Crippen molar-refractivity contribution in [2.45, 2.75) is 76.1 Å². The van der Waals surface area contributed by atoms with E-state index >= 15 is 0 Å². The molecule has 0 saturated carbocycles. The van der Waals surface area contributed by atoms with Crippen LogP contribution in [0.5, 0.6) is 0 Å². The van der Waals surface area contributed by atoms with E-state index in [9.17, 15) is 36.4 Å².